The van der Waals surface area contributed by atoms with Crippen molar-refractivity contribution in [3.05, 3.63) is 23.8 Å². The first-order valence-corrected chi connectivity index (χ1v) is 8.53. The molecule has 1 heterocycles. The van der Waals surface area contributed by atoms with Gasteiger partial charge < -0.3 is 20.3 Å². The number of carbonyl (C=O) groups is 1. The molecule has 1 aromatic carbocycles. The van der Waals surface area contributed by atoms with Gasteiger partial charge in [-0.3, -0.25) is 4.79 Å². The van der Waals surface area contributed by atoms with Crippen LogP contribution in [-0.2, 0) is 0 Å². The van der Waals surface area contributed by atoms with Crippen LogP contribution in [0.5, 0.6) is 5.75 Å². The Kier molecular flexibility index (Phi) is 6.42. The summed E-state index contributed by atoms with van der Waals surface area (Å²) < 4.78 is 5.61. The number of ketones is 1. The van der Waals surface area contributed by atoms with Gasteiger partial charge in [-0.05, 0) is 38.6 Å². The molecule has 0 amide bonds. The minimum atomic E-state index is 0.0700. The molecule has 5 heteroatoms. The summed E-state index contributed by atoms with van der Waals surface area (Å²) >= 11 is 0. The van der Waals surface area contributed by atoms with Crippen molar-refractivity contribution in [2.45, 2.75) is 33.3 Å². The van der Waals surface area contributed by atoms with E-state index in [9.17, 15) is 4.79 Å². The molecule has 0 radical (unpaired) electrons. The number of nitrogens with two attached hydrogens (primary N) is 1. The molecule has 1 fully saturated rings. The van der Waals surface area contributed by atoms with E-state index >= 15 is 0 Å². The van der Waals surface area contributed by atoms with Crippen LogP contribution in [0.25, 0.3) is 0 Å². The highest BCUT2D eigenvalue weighted by molar-refractivity contribution is 5.97. The second-order valence-corrected chi connectivity index (χ2v) is 6.37. The predicted octanol–water partition coefficient (Wildman–Crippen LogP) is 2.27. The highest BCUT2D eigenvalue weighted by atomic mass is 16.5. The second kappa shape index (κ2) is 8.31. The number of carbonyl (C=O) groups excluding carboxylic acids is 1. The lowest BCUT2D eigenvalue weighted by atomic mass is 10.1. The summed E-state index contributed by atoms with van der Waals surface area (Å²) in [7, 11) is 0. The van der Waals surface area contributed by atoms with Gasteiger partial charge in [0.2, 0.25) is 0 Å². The van der Waals surface area contributed by atoms with Crippen molar-refractivity contribution < 1.29 is 9.53 Å². The summed E-state index contributed by atoms with van der Waals surface area (Å²) in [6, 6.07) is 5.34. The van der Waals surface area contributed by atoms with E-state index in [-0.39, 0.29) is 11.9 Å². The number of ether oxygens (including phenoxy) is 1. The second-order valence-electron chi connectivity index (χ2n) is 6.37. The van der Waals surface area contributed by atoms with Crippen LogP contribution in [0.1, 0.15) is 37.6 Å². The molecule has 1 aromatic rings. The predicted molar refractivity (Wildman–Crippen MR) is 94.1 cm³/mol. The normalized spacial score (nSPS) is 16.7. The van der Waals surface area contributed by atoms with E-state index in [4.69, 9.17) is 10.5 Å². The Hall–Kier alpha value is -1.59. The molecule has 128 valence electrons. The largest absolute Gasteiger partial charge is 0.489 e. The summed E-state index contributed by atoms with van der Waals surface area (Å²) in [5.41, 5.74) is 7.18. The van der Waals surface area contributed by atoms with Gasteiger partial charge in [-0.1, -0.05) is 6.92 Å². The van der Waals surface area contributed by atoms with Gasteiger partial charge in [0, 0.05) is 44.7 Å². The third kappa shape index (κ3) is 5.22. The molecule has 1 aliphatic rings. The summed E-state index contributed by atoms with van der Waals surface area (Å²) in [6.45, 7) is 12.3. The first-order chi connectivity index (χ1) is 11.0. The Morgan fingerprint density at radius 3 is 2.43 bits per heavy atom. The summed E-state index contributed by atoms with van der Waals surface area (Å²) in [4.78, 5) is 17.2. The fourth-order valence-corrected chi connectivity index (χ4v) is 2.82. The van der Waals surface area contributed by atoms with Gasteiger partial charge in [-0.25, -0.2) is 0 Å². The van der Waals surface area contributed by atoms with E-state index in [0.717, 1.165) is 39.3 Å². The molecule has 0 unspecified atom stereocenters. The lowest BCUT2D eigenvalue weighted by Gasteiger charge is -2.33. The van der Waals surface area contributed by atoms with Gasteiger partial charge in [0.15, 0.2) is 5.78 Å². The Bertz CT molecular complexity index is 523. The number of likely N-dealkylation sites (N-methyl/N-ethyl adjacent to an activating group) is 1. The zero-order chi connectivity index (χ0) is 16.8. The number of Topliss-reactive ketones (excluding diaryl/α,β-unsaturated/α-hetero) is 1. The van der Waals surface area contributed by atoms with Crippen LogP contribution in [0.4, 0.5) is 5.69 Å². The lowest BCUT2D eigenvalue weighted by Crippen LogP contribution is -2.46. The molecule has 5 nitrogen and oxygen atoms in total. The Morgan fingerprint density at radius 2 is 1.87 bits per heavy atom. The van der Waals surface area contributed by atoms with Crippen LogP contribution in [0, 0.1) is 0 Å². The number of hydrogen-bond acceptors (Lipinski definition) is 5. The van der Waals surface area contributed by atoms with Crippen LogP contribution < -0.4 is 10.5 Å². The monoisotopic (exact) mass is 319 g/mol. The summed E-state index contributed by atoms with van der Waals surface area (Å²) in [5.74, 6) is 0.790. The van der Waals surface area contributed by atoms with Crippen molar-refractivity contribution in [2.75, 3.05) is 45.0 Å². The van der Waals surface area contributed by atoms with Crippen LogP contribution in [0.15, 0.2) is 18.2 Å². The number of anilines is 1. The number of nitrogen functional groups attached to an aromatic ring is 1. The van der Waals surface area contributed by atoms with Gasteiger partial charge >= 0.3 is 0 Å². The Labute approximate surface area is 139 Å². The molecule has 2 rings (SSSR count). The van der Waals surface area contributed by atoms with E-state index < -0.39 is 0 Å². The van der Waals surface area contributed by atoms with Gasteiger partial charge in [-0.2, -0.15) is 0 Å². The number of nitrogens with zero attached hydrogens (tertiary/aromatic N) is 2. The van der Waals surface area contributed by atoms with E-state index in [0.29, 0.717) is 23.4 Å². The third-order valence-electron chi connectivity index (χ3n) is 4.26. The lowest BCUT2D eigenvalue weighted by molar-refractivity contribution is 0.0932. The van der Waals surface area contributed by atoms with Crippen molar-refractivity contribution in [3.8, 4) is 5.75 Å². The summed E-state index contributed by atoms with van der Waals surface area (Å²) in [6.07, 6.45) is 0.608. The molecule has 0 atom stereocenters. The van der Waals surface area contributed by atoms with Crippen LogP contribution in [0.3, 0.4) is 0 Å². The van der Waals surface area contributed by atoms with Crippen molar-refractivity contribution in [1.82, 2.24) is 9.80 Å². The van der Waals surface area contributed by atoms with Crippen LogP contribution in [0.2, 0.25) is 0 Å². The topological polar surface area (TPSA) is 58.8 Å². The van der Waals surface area contributed by atoms with E-state index in [1.807, 2.05) is 19.9 Å². The zero-order valence-corrected chi connectivity index (χ0v) is 14.5. The van der Waals surface area contributed by atoms with Crippen molar-refractivity contribution in [2.24, 2.45) is 0 Å². The van der Waals surface area contributed by atoms with Crippen molar-refractivity contribution in [3.63, 3.8) is 0 Å². The highest BCUT2D eigenvalue weighted by Gasteiger charge is 2.17. The van der Waals surface area contributed by atoms with Gasteiger partial charge in [-0.15, -0.1) is 0 Å². The average molecular weight is 319 g/mol. The van der Waals surface area contributed by atoms with Crippen molar-refractivity contribution in [1.29, 1.82) is 0 Å². The molecule has 0 spiro atoms. The quantitative estimate of drug-likeness (QED) is 0.617. The first kappa shape index (κ1) is 17.8. The molecule has 2 N–H and O–H groups in total. The first-order valence-electron chi connectivity index (χ1n) is 8.53. The average Bonchev–Trinajstić information content (AvgIpc) is 2.54. The molecule has 0 aliphatic carbocycles. The fourth-order valence-electron chi connectivity index (χ4n) is 2.82. The van der Waals surface area contributed by atoms with E-state index in [1.165, 1.54) is 0 Å². The maximum atomic E-state index is 12.4. The van der Waals surface area contributed by atoms with Gasteiger partial charge in [0.05, 0.1) is 11.8 Å². The molecule has 0 bridgehead atoms. The number of rotatable bonds is 7. The van der Waals surface area contributed by atoms with Crippen LogP contribution >= 0.6 is 0 Å². The van der Waals surface area contributed by atoms with Crippen LogP contribution in [-0.4, -0.2) is 61.0 Å². The van der Waals surface area contributed by atoms with Gasteiger partial charge in [0.1, 0.15) is 5.75 Å². The molecule has 1 saturated heterocycles. The minimum Gasteiger partial charge on any atom is -0.489 e. The smallest absolute Gasteiger partial charge is 0.164 e. The maximum Gasteiger partial charge on any atom is 0.164 e. The minimum absolute atomic E-state index is 0.0700. The molecule has 1 aliphatic heterocycles. The fraction of sp³-hybridized carbons (Fsp3) is 0.611. The molecule has 0 aromatic heterocycles. The molecular weight excluding hydrogens is 290 g/mol. The zero-order valence-electron chi connectivity index (χ0n) is 14.5. The molecular formula is C18H29N3O2. The number of hydrogen-bond donors (Lipinski definition) is 1. The standard InChI is InChI=1S/C18H29N3O2/c1-4-20-9-11-21(12-10-20)8-7-17(22)15-5-6-18(16(19)13-15)23-14(2)3/h5-6,13-14H,4,7-12,19H2,1-3H3. The van der Waals surface area contributed by atoms with E-state index in [2.05, 4.69) is 16.7 Å². The van der Waals surface area contributed by atoms with E-state index in [1.54, 1.807) is 12.1 Å². The third-order valence-corrected chi connectivity index (χ3v) is 4.26. The Balaban J connectivity index is 1.85. The van der Waals surface area contributed by atoms with Gasteiger partial charge in [0.25, 0.3) is 0 Å². The number of piperazine rings is 1. The molecule has 23 heavy (non-hydrogen) atoms. The SMILES string of the molecule is CCN1CCN(CCC(=O)c2ccc(OC(C)C)c(N)c2)CC1. The highest BCUT2D eigenvalue weighted by Crippen LogP contribution is 2.24. The maximum absolute atomic E-state index is 12.4. The number of benzene rings is 1. The Morgan fingerprint density at radius 1 is 1.22 bits per heavy atom. The molecule has 0 saturated carbocycles. The van der Waals surface area contributed by atoms with Crippen molar-refractivity contribution >= 4 is 11.5 Å². The summed E-state index contributed by atoms with van der Waals surface area (Å²) in [5, 5.41) is 0.